The molecule has 1 atom stereocenters. The van der Waals surface area contributed by atoms with Gasteiger partial charge in [0.15, 0.2) is 0 Å². The predicted octanol–water partition coefficient (Wildman–Crippen LogP) is 4.22. The van der Waals surface area contributed by atoms with E-state index in [2.05, 4.69) is 17.2 Å². The first-order valence-electron chi connectivity index (χ1n) is 8.17. The molecule has 1 aliphatic heterocycles. The van der Waals surface area contributed by atoms with E-state index in [-0.39, 0.29) is 24.2 Å². The van der Waals surface area contributed by atoms with Gasteiger partial charge >= 0.3 is 12.2 Å². The van der Waals surface area contributed by atoms with Gasteiger partial charge in [-0.15, -0.1) is 0 Å². The smallest absolute Gasteiger partial charge is 0.327 e. The summed E-state index contributed by atoms with van der Waals surface area (Å²) in [6.07, 6.45) is -3.61. The lowest BCUT2D eigenvalue weighted by atomic mass is 10.1. The number of anilines is 1. The monoisotopic (exact) mass is 358 g/mol. The summed E-state index contributed by atoms with van der Waals surface area (Å²) in [6.45, 7) is 2.02. The molecular weight excluding hydrogens is 341 g/mol. The average Bonchev–Trinajstić information content (AvgIpc) is 2.94. The molecule has 3 rings (SSSR count). The van der Waals surface area contributed by atoms with Gasteiger partial charge in [-0.1, -0.05) is 36.1 Å². The molecule has 2 aromatic carbocycles. The van der Waals surface area contributed by atoms with E-state index in [0.29, 0.717) is 0 Å². The van der Waals surface area contributed by atoms with E-state index >= 15 is 0 Å². The Labute approximate surface area is 149 Å². The van der Waals surface area contributed by atoms with Gasteiger partial charge in [0.05, 0.1) is 12.1 Å². The van der Waals surface area contributed by atoms with Crippen molar-refractivity contribution in [3.63, 3.8) is 0 Å². The molecule has 1 N–H and O–H groups in total. The normalized spacial score (nSPS) is 15.8. The minimum atomic E-state index is -4.40. The maximum atomic E-state index is 12.7. The van der Waals surface area contributed by atoms with Gasteiger partial charge in [0, 0.05) is 17.3 Å². The second kappa shape index (κ2) is 7.12. The van der Waals surface area contributed by atoms with Crippen molar-refractivity contribution < 1.29 is 18.0 Å². The summed E-state index contributed by atoms with van der Waals surface area (Å²) in [7, 11) is 0. The highest BCUT2D eigenvalue weighted by Crippen LogP contribution is 2.31. The number of para-hydroxylation sites is 1. The van der Waals surface area contributed by atoms with Crippen molar-refractivity contribution in [3.05, 3.63) is 65.2 Å². The van der Waals surface area contributed by atoms with Crippen LogP contribution in [0.15, 0.2) is 48.5 Å². The molecule has 1 unspecified atom stereocenters. The number of carbonyl (C=O) groups excluding carboxylic acids is 1. The van der Waals surface area contributed by atoms with E-state index in [4.69, 9.17) is 0 Å². The first-order chi connectivity index (χ1) is 12.4. The maximum absolute atomic E-state index is 12.7. The largest absolute Gasteiger partial charge is 0.416 e. The quantitative estimate of drug-likeness (QED) is 0.761. The highest BCUT2D eigenvalue weighted by atomic mass is 19.4. The van der Waals surface area contributed by atoms with Gasteiger partial charge in [0.1, 0.15) is 0 Å². The van der Waals surface area contributed by atoms with E-state index in [0.717, 1.165) is 29.8 Å². The zero-order valence-electron chi connectivity index (χ0n) is 14.1. The Bertz CT molecular complexity index is 880. The summed E-state index contributed by atoms with van der Waals surface area (Å²) < 4.78 is 38.0. The fourth-order valence-electron chi connectivity index (χ4n) is 3.00. The van der Waals surface area contributed by atoms with Crippen LogP contribution in [0, 0.1) is 11.8 Å². The molecule has 0 aromatic heterocycles. The van der Waals surface area contributed by atoms with Gasteiger partial charge in [-0.05, 0) is 43.2 Å². The highest BCUT2D eigenvalue weighted by Gasteiger charge is 2.31. The SMILES string of the molecule is CC1Cc2ccccc2N1C(=O)NCC#Cc1cccc(C(F)(F)F)c1. The van der Waals surface area contributed by atoms with Crippen LogP contribution < -0.4 is 10.2 Å². The molecule has 6 heteroatoms. The molecule has 2 aromatic rings. The first kappa shape index (κ1) is 17.9. The van der Waals surface area contributed by atoms with Crippen molar-refractivity contribution >= 4 is 11.7 Å². The Kier molecular flexibility index (Phi) is 4.90. The fraction of sp³-hybridized carbons (Fsp3) is 0.250. The van der Waals surface area contributed by atoms with Crippen molar-refractivity contribution in [1.29, 1.82) is 0 Å². The highest BCUT2D eigenvalue weighted by molar-refractivity contribution is 5.95. The number of hydrogen-bond donors (Lipinski definition) is 1. The van der Waals surface area contributed by atoms with Crippen LogP contribution in [-0.2, 0) is 12.6 Å². The van der Waals surface area contributed by atoms with Gasteiger partial charge in [0.25, 0.3) is 0 Å². The summed E-state index contributed by atoms with van der Waals surface area (Å²) in [5.74, 6) is 5.35. The topological polar surface area (TPSA) is 32.3 Å². The third-order valence-corrected chi connectivity index (χ3v) is 4.18. The van der Waals surface area contributed by atoms with Gasteiger partial charge in [0.2, 0.25) is 0 Å². The minimum Gasteiger partial charge on any atom is -0.327 e. The van der Waals surface area contributed by atoms with Crippen LogP contribution in [0.2, 0.25) is 0 Å². The van der Waals surface area contributed by atoms with Crippen LogP contribution in [0.1, 0.15) is 23.6 Å². The van der Waals surface area contributed by atoms with Crippen molar-refractivity contribution in [2.45, 2.75) is 25.6 Å². The molecular formula is C20H17F3N2O. The molecule has 0 saturated heterocycles. The van der Waals surface area contributed by atoms with Gasteiger partial charge < -0.3 is 5.32 Å². The molecule has 134 valence electrons. The molecule has 1 heterocycles. The Hall–Kier alpha value is -2.94. The zero-order valence-corrected chi connectivity index (χ0v) is 14.1. The average molecular weight is 358 g/mol. The van der Waals surface area contributed by atoms with E-state index in [1.54, 1.807) is 4.90 Å². The van der Waals surface area contributed by atoms with Crippen molar-refractivity contribution in [3.8, 4) is 11.8 Å². The van der Waals surface area contributed by atoms with Crippen LogP contribution in [0.4, 0.5) is 23.7 Å². The Morgan fingerprint density at radius 2 is 2.00 bits per heavy atom. The summed E-state index contributed by atoms with van der Waals surface area (Å²) in [5.41, 5.74) is 1.51. The molecule has 0 radical (unpaired) electrons. The van der Waals surface area contributed by atoms with Crippen LogP contribution in [0.3, 0.4) is 0 Å². The number of nitrogens with zero attached hydrogens (tertiary/aromatic N) is 1. The lowest BCUT2D eigenvalue weighted by Crippen LogP contribution is -2.43. The number of urea groups is 1. The molecule has 1 aliphatic rings. The minimum absolute atomic E-state index is 0.0452. The van der Waals surface area contributed by atoms with Gasteiger partial charge in [-0.2, -0.15) is 13.2 Å². The standard InChI is InChI=1S/C20H17F3N2O/c1-14-12-16-8-2-3-10-18(16)25(14)19(26)24-11-5-7-15-6-4-9-17(13-15)20(21,22)23/h2-4,6,8-10,13-14H,11-12H2,1H3,(H,24,26). The number of hydrogen-bond acceptors (Lipinski definition) is 1. The predicted molar refractivity (Wildman–Crippen MR) is 93.8 cm³/mol. The van der Waals surface area contributed by atoms with E-state index in [1.165, 1.54) is 12.1 Å². The van der Waals surface area contributed by atoms with Crippen LogP contribution >= 0.6 is 0 Å². The summed E-state index contributed by atoms with van der Waals surface area (Å²) in [5, 5.41) is 2.70. The van der Waals surface area contributed by atoms with Crippen LogP contribution in [0.5, 0.6) is 0 Å². The summed E-state index contributed by atoms with van der Waals surface area (Å²) in [4.78, 5) is 14.1. The molecule has 3 nitrogen and oxygen atoms in total. The molecule has 0 saturated carbocycles. The van der Waals surface area contributed by atoms with Crippen molar-refractivity contribution in [2.24, 2.45) is 0 Å². The van der Waals surface area contributed by atoms with Crippen LogP contribution in [0.25, 0.3) is 0 Å². The third-order valence-electron chi connectivity index (χ3n) is 4.18. The zero-order chi connectivity index (χ0) is 18.7. The van der Waals surface area contributed by atoms with Crippen molar-refractivity contribution in [2.75, 3.05) is 11.4 Å². The molecule has 0 aliphatic carbocycles. The number of fused-ring (bicyclic) bond motifs is 1. The Morgan fingerprint density at radius 3 is 2.77 bits per heavy atom. The molecule has 26 heavy (non-hydrogen) atoms. The maximum Gasteiger partial charge on any atom is 0.416 e. The first-order valence-corrected chi connectivity index (χ1v) is 8.17. The number of nitrogens with one attached hydrogen (secondary N) is 1. The van der Waals surface area contributed by atoms with Gasteiger partial charge in [-0.3, -0.25) is 4.90 Å². The second-order valence-corrected chi connectivity index (χ2v) is 6.09. The van der Waals surface area contributed by atoms with E-state index in [1.807, 2.05) is 31.2 Å². The number of rotatable bonds is 1. The number of carbonyl (C=O) groups is 1. The van der Waals surface area contributed by atoms with E-state index < -0.39 is 11.7 Å². The number of alkyl halides is 3. The summed E-state index contributed by atoms with van der Waals surface area (Å²) >= 11 is 0. The molecule has 2 amide bonds. The number of halogens is 3. The third kappa shape index (κ3) is 3.83. The van der Waals surface area contributed by atoms with Gasteiger partial charge in [-0.25, -0.2) is 4.79 Å². The number of benzene rings is 2. The second-order valence-electron chi connectivity index (χ2n) is 6.09. The lowest BCUT2D eigenvalue weighted by molar-refractivity contribution is -0.137. The molecule has 0 bridgehead atoms. The van der Waals surface area contributed by atoms with Crippen molar-refractivity contribution in [1.82, 2.24) is 5.32 Å². The molecule has 0 spiro atoms. The Balaban J connectivity index is 1.63. The Morgan fingerprint density at radius 1 is 1.23 bits per heavy atom. The lowest BCUT2D eigenvalue weighted by Gasteiger charge is -2.22. The summed E-state index contributed by atoms with van der Waals surface area (Å²) in [6, 6.07) is 12.3. The van der Waals surface area contributed by atoms with E-state index in [9.17, 15) is 18.0 Å². The van der Waals surface area contributed by atoms with Crippen LogP contribution in [-0.4, -0.2) is 18.6 Å². The number of amides is 2. The fourth-order valence-corrected chi connectivity index (χ4v) is 3.00. The molecule has 0 fully saturated rings.